The lowest BCUT2D eigenvalue weighted by atomic mass is 10.2. The van der Waals surface area contributed by atoms with Crippen LogP contribution in [0.2, 0.25) is 10.0 Å². The van der Waals surface area contributed by atoms with Crippen molar-refractivity contribution in [3.05, 3.63) is 62.5 Å². The van der Waals surface area contributed by atoms with Crippen LogP contribution in [-0.4, -0.2) is 30.4 Å². The Kier molecular flexibility index (Phi) is 6.09. The quantitative estimate of drug-likeness (QED) is 0.762. The van der Waals surface area contributed by atoms with E-state index >= 15 is 0 Å². The summed E-state index contributed by atoms with van der Waals surface area (Å²) in [5.74, 6) is 0. The highest BCUT2D eigenvalue weighted by Gasteiger charge is 2.22. The molecule has 0 bridgehead atoms. The van der Waals surface area contributed by atoms with Crippen molar-refractivity contribution >= 4 is 33.2 Å². The molecule has 5 nitrogen and oxygen atoms in total. The summed E-state index contributed by atoms with van der Waals surface area (Å²) >= 11 is 12.0. The Hall–Kier alpha value is -1.34. The van der Waals surface area contributed by atoms with Gasteiger partial charge in [0, 0.05) is 35.4 Å². The lowest BCUT2D eigenvalue weighted by molar-refractivity contribution is 0.444. The molecule has 0 aliphatic carbocycles. The zero-order chi connectivity index (χ0) is 17.9. The summed E-state index contributed by atoms with van der Waals surface area (Å²) in [6.07, 6.45) is 1.35. The molecule has 0 saturated carbocycles. The van der Waals surface area contributed by atoms with Gasteiger partial charge in [-0.05, 0) is 23.8 Å². The van der Waals surface area contributed by atoms with E-state index in [1.54, 1.807) is 32.0 Å². The van der Waals surface area contributed by atoms with Crippen LogP contribution >= 0.6 is 23.2 Å². The highest BCUT2D eigenvalue weighted by molar-refractivity contribution is 7.89. The Morgan fingerprint density at radius 3 is 2.33 bits per heavy atom. The number of halogens is 2. The number of hydrogen-bond donors (Lipinski definition) is 0. The van der Waals surface area contributed by atoms with E-state index in [1.165, 1.54) is 27.2 Å². The number of rotatable bonds is 6. The maximum atomic E-state index is 12.6. The van der Waals surface area contributed by atoms with Gasteiger partial charge in [0.1, 0.15) is 0 Å². The fraction of sp³-hybridized carbons (Fsp3) is 0.312. The summed E-state index contributed by atoms with van der Waals surface area (Å²) in [6.45, 7) is 4.42. The second kappa shape index (κ2) is 7.70. The average molecular weight is 389 g/mol. The van der Waals surface area contributed by atoms with Crippen molar-refractivity contribution in [3.63, 3.8) is 0 Å². The summed E-state index contributed by atoms with van der Waals surface area (Å²) in [5.41, 5.74) is 0.375. The van der Waals surface area contributed by atoms with E-state index < -0.39 is 10.0 Å². The van der Waals surface area contributed by atoms with E-state index in [-0.39, 0.29) is 17.0 Å². The van der Waals surface area contributed by atoms with Crippen molar-refractivity contribution < 1.29 is 8.42 Å². The molecule has 2 aromatic rings. The maximum absolute atomic E-state index is 12.6. The first-order valence-corrected chi connectivity index (χ1v) is 9.63. The molecule has 8 heteroatoms. The second-order valence-electron chi connectivity index (χ2n) is 5.16. The van der Waals surface area contributed by atoms with Crippen molar-refractivity contribution in [1.29, 1.82) is 0 Å². The van der Waals surface area contributed by atoms with Crippen LogP contribution in [0.1, 0.15) is 19.4 Å². The minimum Gasteiger partial charge on any atom is -0.310 e. The Morgan fingerprint density at radius 2 is 1.75 bits per heavy atom. The van der Waals surface area contributed by atoms with Crippen LogP contribution in [0.3, 0.4) is 0 Å². The topological polar surface area (TPSA) is 59.4 Å². The highest BCUT2D eigenvalue weighted by atomic mass is 35.5. The van der Waals surface area contributed by atoms with Gasteiger partial charge >= 0.3 is 0 Å². The molecule has 0 radical (unpaired) electrons. The van der Waals surface area contributed by atoms with Gasteiger partial charge in [-0.15, -0.1) is 0 Å². The van der Waals surface area contributed by atoms with Crippen molar-refractivity contribution in [3.8, 4) is 0 Å². The minimum absolute atomic E-state index is 0.0795. The summed E-state index contributed by atoms with van der Waals surface area (Å²) in [5, 5.41) is 0.917. The van der Waals surface area contributed by atoms with Crippen LogP contribution < -0.4 is 5.56 Å². The van der Waals surface area contributed by atoms with Gasteiger partial charge in [-0.3, -0.25) is 4.79 Å². The van der Waals surface area contributed by atoms with Crippen LogP contribution in [0.15, 0.2) is 46.2 Å². The fourth-order valence-electron chi connectivity index (χ4n) is 2.33. The Morgan fingerprint density at radius 1 is 1.08 bits per heavy atom. The molecule has 0 fully saturated rings. The Balaban J connectivity index is 2.44. The monoisotopic (exact) mass is 388 g/mol. The van der Waals surface area contributed by atoms with E-state index in [2.05, 4.69) is 0 Å². The third kappa shape index (κ3) is 4.00. The largest absolute Gasteiger partial charge is 0.310 e. The first-order chi connectivity index (χ1) is 11.3. The van der Waals surface area contributed by atoms with Crippen molar-refractivity contribution in [2.24, 2.45) is 0 Å². The number of hydrogen-bond acceptors (Lipinski definition) is 3. The van der Waals surface area contributed by atoms with Gasteiger partial charge < -0.3 is 4.57 Å². The molecule has 0 unspecified atom stereocenters. The molecule has 130 valence electrons. The van der Waals surface area contributed by atoms with Gasteiger partial charge in [-0.25, -0.2) is 8.42 Å². The third-order valence-electron chi connectivity index (χ3n) is 3.66. The predicted molar refractivity (Wildman–Crippen MR) is 96.4 cm³/mol. The average Bonchev–Trinajstić information content (AvgIpc) is 2.52. The Bertz CT molecular complexity index is 890. The van der Waals surface area contributed by atoms with Crippen molar-refractivity contribution in [2.45, 2.75) is 25.3 Å². The van der Waals surface area contributed by atoms with Crippen LogP contribution in [0.25, 0.3) is 0 Å². The highest BCUT2D eigenvalue weighted by Crippen LogP contribution is 2.22. The zero-order valence-electron chi connectivity index (χ0n) is 13.4. The van der Waals surface area contributed by atoms with Crippen LogP contribution in [0.4, 0.5) is 0 Å². The van der Waals surface area contributed by atoms with Crippen LogP contribution in [-0.2, 0) is 16.6 Å². The molecular formula is C16H18Cl2N2O3S. The van der Waals surface area contributed by atoms with E-state index in [0.717, 1.165) is 0 Å². The van der Waals surface area contributed by atoms with Crippen LogP contribution in [0.5, 0.6) is 0 Å². The summed E-state index contributed by atoms with van der Waals surface area (Å²) in [4.78, 5) is 12.2. The number of pyridine rings is 1. The number of sulfonamides is 1. The van der Waals surface area contributed by atoms with Crippen molar-refractivity contribution in [1.82, 2.24) is 8.87 Å². The second-order valence-corrected chi connectivity index (χ2v) is 7.94. The molecule has 1 aromatic heterocycles. The molecule has 0 saturated heterocycles. The lowest BCUT2D eigenvalue weighted by Crippen LogP contribution is -2.32. The summed E-state index contributed by atoms with van der Waals surface area (Å²) in [7, 11) is -3.63. The van der Waals surface area contributed by atoms with E-state index in [1.807, 2.05) is 0 Å². The Labute approximate surface area is 151 Å². The smallest absolute Gasteiger partial charge is 0.250 e. The van der Waals surface area contributed by atoms with Gasteiger partial charge in [0.05, 0.1) is 11.4 Å². The molecule has 0 aliphatic rings. The lowest BCUT2D eigenvalue weighted by Gasteiger charge is -2.19. The third-order valence-corrected chi connectivity index (χ3v) is 6.28. The number of aromatic nitrogens is 1. The summed E-state index contributed by atoms with van der Waals surface area (Å²) < 4.78 is 27.8. The van der Waals surface area contributed by atoms with Gasteiger partial charge in [-0.1, -0.05) is 43.1 Å². The maximum Gasteiger partial charge on any atom is 0.250 e. The SMILES string of the molecule is CCN(CC)S(=O)(=O)c1ccc(=O)n(Cc2ccc(Cl)cc2Cl)c1. The molecule has 1 aromatic carbocycles. The molecule has 24 heavy (non-hydrogen) atoms. The number of benzene rings is 1. The standard InChI is InChI=1S/C16H18Cl2N2O3S/c1-3-20(4-2)24(22,23)14-7-8-16(21)19(11-14)10-12-5-6-13(17)9-15(12)18/h5-9,11H,3-4,10H2,1-2H3. The van der Waals surface area contributed by atoms with Gasteiger partial charge in [0.2, 0.25) is 10.0 Å². The predicted octanol–water partition coefficient (Wildman–Crippen LogP) is 3.23. The van der Waals surface area contributed by atoms with Crippen molar-refractivity contribution in [2.75, 3.05) is 13.1 Å². The molecule has 0 atom stereocenters. The summed E-state index contributed by atoms with van der Waals surface area (Å²) in [6, 6.07) is 7.54. The molecule has 1 heterocycles. The van der Waals surface area contributed by atoms with E-state index in [0.29, 0.717) is 28.7 Å². The first-order valence-electron chi connectivity index (χ1n) is 7.44. The van der Waals surface area contributed by atoms with E-state index in [9.17, 15) is 13.2 Å². The van der Waals surface area contributed by atoms with Gasteiger partial charge in [0.25, 0.3) is 5.56 Å². The zero-order valence-corrected chi connectivity index (χ0v) is 15.7. The molecule has 0 aliphatic heterocycles. The normalized spacial score (nSPS) is 11.9. The number of nitrogens with zero attached hydrogens (tertiary/aromatic N) is 2. The molecule has 0 amide bonds. The first kappa shape index (κ1) is 19.0. The minimum atomic E-state index is -3.63. The molecular weight excluding hydrogens is 371 g/mol. The molecule has 0 spiro atoms. The molecule has 0 N–H and O–H groups in total. The molecule has 2 rings (SSSR count). The van der Waals surface area contributed by atoms with Crippen LogP contribution in [0, 0.1) is 0 Å². The van der Waals surface area contributed by atoms with Gasteiger partial charge in [-0.2, -0.15) is 4.31 Å². The fourth-order valence-corrected chi connectivity index (χ4v) is 4.28. The van der Waals surface area contributed by atoms with E-state index in [4.69, 9.17) is 23.2 Å². The van der Waals surface area contributed by atoms with Gasteiger partial charge in [0.15, 0.2) is 0 Å².